The molecule has 0 aliphatic heterocycles. The van der Waals surface area contributed by atoms with Crippen molar-refractivity contribution in [2.45, 2.75) is 38.8 Å². The van der Waals surface area contributed by atoms with Gasteiger partial charge in [0.05, 0.1) is 25.7 Å². The molecule has 4 nitrogen and oxygen atoms in total. The van der Waals surface area contributed by atoms with Crippen LogP contribution in [0.5, 0.6) is 0 Å². The standard InChI is InChI=1S/C9H19NO3/c1-9(2,3)13-6-7(10)5-8(11)12-4/h7H,5-6,10H2,1-4H3/t7-/m0/s1. The number of hydrogen-bond acceptors (Lipinski definition) is 4. The Labute approximate surface area is 79.4 Å². The summed E-state index contributed by atoms with van der Waals surface area (Å²) in [5.41, 5.74) is 5.42. The van der Waals surface area contributed by atoms with E-state index in [1.165, 1.54) is 7.11 Å². The first-order valence-electron chi connectivity index (χ1n) is 4.31. The Kier molecular flexibility index (Phi) is 4.95. The fourth-order valence-corrected chi connectivity index (χ4v) is 0.713. The smallest absolute Gasteiger partial charge is 0.307 e. The Hall–Kier alpha value is -0.610. The lowest BCUT2D eigenvalue weighted by atomic mass is 10.2. The third-order valence-corrected chi connectivity index (χ3v) is 1.39. The van der Waals surface area contributed by atoms with Gasteiger partial charge in [0.25, 0.3) is 0 Å². The molecule has 0 unspecified atom stereocenters. The number of esters is 1. The summed E-state index contributed by atoms with van der Waals surface area (Å²) < 4.78 is 9.88. The zero-order valence-electron chi connectivity index (χ0n) is 8.79. The van der Waals surface area contributed by atoms with E-state index in [1.54, 1.807) is 0 Å². The molecule has 0 saturated carbocycles. The van der Waals surface area contributed by atoms with Crippen molar-refractivity contribution >= 4 is 5.97 Å². The minimum Gasteiger partial charge on any atom is -0.469 e. The van der Waals surface area contributed by atoms with Crippen molar-refractivity contribution in [2.24, 2.45) is 5.73 Å². The summed E-state index contributed by atoms with van der Waals surface area (Å²) in [6.45, 7) is 6.20. The van der Waals surface area contributed by atoms with Crippen LogP contribution >= 0.6 is 0 Å². The van der Waals surface area contributed by atoms with Gasteiger partial charge in [-0.05, 0) is 20.8 Å². The molecule has 0 rings (SSSR count). The van der Waals surface area contributed by atoms with Crippen LogP contribution in [0, 0.1) is 0 Å². The maximum Gasteiger partial charge on any atom is 0.307 e. The summed E-state index contributed by atoms with van der Waals surface area (Å²) in [6, 6.07) is -0.285. The summed E-state index contributed by atoms with van der Waals surface area (Å²) in [4.78, 5) is 10.8. The highest BCUT2D eigenvalue weighted by Gasteiger charge is 2.15. The lowest BCUT2D eigenvalue weighted by Gasteiger charge is -2.21. The van der Waals surface area contributed by atoms with E-state index in [9.17, 15) is 4.79 Å². The van der Waals surface area contributed by atoms with Crippen LogP contribution in [0.4, 0.5) is 0 Å². The molecule has 2 N–H and O–H groups in total. The molecule has 0 aromatic carbocycles. The van der Waals surface area contributed by atoms with Crippen molar-refractivity contribution in [2.75, 3.05) is 13.7 Å². The fourth-order valence-electron chi connectivity index (χ4n) is 0.713. The van der Waals surface area contributed by atoms with Gasteiger partial charge in [-0.15, -0.1) is 0 Å². The predicted octanol–water partition coefficient (Wildman–Crippen LogP) is 0.692. The normalized spacial score (nSPS) is 13.9. The Morgan fingerprint density at radius 2 is 2.00 bits per heavy atom. The summed E-state index contributed by atoms with van der Waals surface area (Å²) >= 11 is 0. The molecule has 1 atom stereocenters. The number of carbonyl (C=O) groups excluding carboxylic acids is 1. The van der Waals surface area contributed by atoms with Gasteiger partial charge in [0.2, 0.25) is 0 Å². The first kappa shape index (κ1) is 12.4. The van der Waals surface area contributed by atoms with E-state index in [4.69, 9.17) is 10.5 Å². The van der Waals surface area contributed by atoms with Crippen LogP contribution in [-0.2, 0) is 14.3 Å². The molecule has 0 aliphatic rings. The molecule has 4 heteroatoms. The van der Waals surface area contributed by atoms with Gasteiger partial charge in [-0.3, -0.25) is 4.79 Å². The number of hydrogen-bond donors (Lipinski definition) is 1. The molecule has 0 aliphatic carbocycles. The van der Waals surface area contributed by atoms with Crippen molar-refractivity contribution in [3.05, 3.63) is 0 Å². The van der Waals surface area contributed by atoms with Gasteiger partial charge in [0.15, 0.2) is 0 Å². The Morgan fingerprint density at radius 3 is 2.38 bits per heavy atom. The average molecular weight is 189 g/mol. The predicted molar refractivity (Wildman–Crippen MR) is 50.3 cm³/mol. The van der Waals surface area contributed by atoms with Crippen LogP contribution in [0.2, 0.25) is 0 Å². The van der Waals surface area contributed by atoms with Gasteiger partial charge in [-0.1, -0.05) is 0 Å². The SMILES string of the molecule is COC(=O)C[C@H](N)COC(C)(C)C. The molecule has 0 saturated heterocycles. The van der Waals surface area contributed by atoms with E-state index in [0.29, 0.717) is 6.61 Å². The number of methoxy groups -OCH3 is 1. The van der Waals surface area contributed by atoms with E-state index in [-0.39, 0.29) is 24.0 Å². The van der Waals surface area contributed by atoms with Gasteiger partial charge in [0.1, 0.15) is 0 Å². The van der Waals surface area contributed by atoms with Crippen LogP contribution in [0.3, 0.4) is 0 Å². The van der Waals surface area contributed by atoms with Gasteiger partial charge < -0.3 is 15.2 Å². The average Bonchev–Trinajstić information content (AvgIpc) is 1.99. The maximum absolute atomic E-state index is 10.8. The summed E-state index contributed by atoms with van der Waals surface area (Å²) in [6.07, 6.45) is 0.201. The van der Waals surface area contributed by atoms with Crippen LogP contribution in [0.25, 0.3) is 0 Å². The first-order chi connectivity index (χ1) is 5.85. The van der Waals surface area contributed by atoms with Crippen molar-refractivity contribution in [3.63, 3.8) is 0 Å². The van der Waals surface area contributed by atoms with E-state index in [2.05, 4.69) is 4.74 Å². The molecule has 13 heavy (non-hydrogen) atoms. The van der Waals surface area contributed by atoms with Crippen molar-refractivity contribution in [1.82, 2.24) is 0 Å². The number of ether oxygens (including phenoxy) is 2. The zero-order valence-corrected chi connectivity index (χ0v) is 8.79. The molecule has 0 radical (unpaired) electrons. The largest absolute Gasteiger partial charge is 0.469 e. The van der Waals surface area contributed by atoms with Crippen LogP contribution in [0.1, 0.15) is 27.2 Å². The molecular formula is C9H19NO3. The topological polar surface area (TPSA) is 61.5 Å². The monoisotopic (exact) mass is 189 g/mol. The molecule has 0 fully saturated rings. The molecule has 0 amide bonds. The Balaban J connectivity index is 3.63. The molecule has 0 aromatic rings. The van der Waals surface area contributed by atoms with Crippen LogP contribution < -0.4 is 5.73 Å². The maximum atomic E-state index is 10.8. The van der Waals surface area contributed by atoms with Gasteiger partial charge in [-0.25, -0.2) is 0 Å². The Bertz CT molecular complexity index is 163. The van der Waals surface area contributed by atoms with Crippen molar-refractivity contribution < 1.29 is 14.3 Å². The van der Waals surface area contributed by atoms with E-state index in [1.807, 2.05) is 20.8 Å². The van der Waals surface area contributed by atoms with Gasteiger partial charge >= 0.3 is 5.97 Å². The number of carbonyl (C=O) groups is 1. The van der Waals surface area contributed by atoms with Gasteiger partial charge in [0, 0.05) is 6.04 Å². The Morgan fingerprint density at radius 1 is 1.46 bits per heavy atom. The number of nitrogens with two attached hydrogens (primary N) is 1. The zero-order chi connectivity index (χ0) is 10.5. The lowest BCUT2D eigenvalue weighted by Crippen LogP contribution is -2.33. The van der Waals surface area contributed by atoms with Crippen LogP contribution in [0.15, 0.2) is 0 Å². The minimum absolute atomic E-state index is 0.201. The highest BCUT2D eigenvalue weighted by atomic mass is 16.5. The third kappa shape index (κ3) is 7.74. The third-order valence-electron chi connectivity index (χ3n) is 1.39. The molecule has 0 heterocycles. The summed E-state index contributed by atoms with van der Waals surface area (Å²) in [5.74, 6) is -0.301. The molecule has 0 bridgehead atoms. The van der Waals surface area contributed by atoms with E-state index in [0.717, 1.165) is 0 Å². The number of rotatable bonds is 4. The molecular weight excluding hydrogens is 170 g/mol. The van der Waals surface area contributed by atoms with E-state index >= 15 is 0 Å². The second-order valence-electron chi connectivity index (χ2n) is 3.96. The van der Waals surface area contributed by atoms with Crippen molar-refractivity contribution in [1.29, 1.82) is 0 Å². The summed E-state index contributed by atoms with van der Waals surface area (Å²) in [7, 11) is 1.35. The second kappa shape index (κ2) is 5.19. The molecule has 0 spiro atoms. The highest BCUT2D eigenvalue weighted by molar-refractivity contribution is 5.69. The molecule has 78 valence electrons. The quantitative estimate of drug-likeness (QED) is 0.661. The molecule has 0 aromatic heterocycles. The van der Waals surface area contributed by atoms with Crippen molar-refractivity contribution in [3.8, 4) is 0 Å². The van der Waals surface area contributed by atoms with E-state index < -0.39 is 0 Å². The summed E-state index contributed by atoms with van der Waals surface area (Å²) in [5, 5.41) is 0. The van der Waals surface area contributed by atoms with Crippen LogP contribution in [-0.4, -0.2) is 31.3 Å². The highest BCUT2D eigenvalue weighted by Crippen LogP contribution is 2.07. The lowest BCUT2D eigenvalue weighted by molar-refractivity contribution is -0.141. The second-order valence-corrected chi connectivity index (χ2v) is 3.96. The minimum atomic E-state index is -0.301. The van der Waals surface area contributed by atoms with Gasteiger partial charge in [-0.2, -0.15) is 0 Å². The first-order valence-corrected chi connectivity index (χ1v) is 4.31. The fraction of sp³-hybridized carbons (Fsp3) is 0.889.